The van der Waals surface area contributed by atoms with Crippen LogP contribution in [0.15, 0.2) is 59.5 Å². The molecule has 3 nitrogen and oxygen atoms in total. The smallest absolute Gasteiger partial charge is 0.140 e. The molecule has 4 heteroatoms. The predicted molar refractivity (Wildman–Crippen MR) is 78.4 cm³/mol. The van der Waals surface area contributed by atoms with Gasteiger partial charge in [0.2, 0.25) is 0 Å². The van der Waals surface area contributed by atoms with Crippen molar-refractivity contribution in [2.45, 2.75) is 18.2 Å². The lowest BCUT2D eigenvalue weighted by atomic mass is 10.1. The molecule has 2 aromatic rings. The number of aryl methyl sites for hydroxylation is 1. The van der Waals surface area contributed by atoms with Crippen molar-refractivity contribution < 1.29 is 8.42 Å². The molecule has 2 aromatic carbocycles. The highest BCUT2D eigenvalue weighted by atomic mass is 32.2. The van der Waals surface area contributed by atoms with Crippen molar-refractivity contribution in [3.8, 4) is 0 Å². The van der Waals surface area contributed by atoms with Crippen LogP contribution in [0.1, 0.15) is 11.1 Å². The average Bonchev–Trinajstić information content (AvgIpc) is 2.46. The van der Waals surface area contributed by atoms with Gasteiger partial charge in [0.15, 0.2) is 0 Å². The summed E-state index contributed by atoms with van der Waals surface area (Å²) < 4.78 is 24.9. The van der Waals surface area contributed by atoms with E-state index in [1.807, 2.05) is 37.3 Å². The lowest BCUT2D eigenvalue weighted by Gasteiger charge is -2.18. The molecule has 20 heavy (non-hydrogen) atoms. The normalized spacial score (nSPS) is 10.8. The van der Waals surface area contributed by atoms with Crippen LogP contribution < -0.4 is 0 Å². The summed E-state index contributed by atoms with van der Waals surface area (Å²) in [6, 6.07) is 15.7. The molecule has 0 heterocycles. The number of benzene rings is 2. The monoisotopic (exact) mass is 284 g/mol. The van der Waals surface area contributed by atoms with Gasteiger partial charge in [0, 0.05) is 4.90 Å². The van der Waals surface area contributed by atoms with Crippen LogP contribution >= 0.6 is 0 Å². The van der Waals surface area contributed by atoms with Crippen molar-refractivity contribution in [2.75, 3.05) is 0 Å². The Bertz CT molecular complexity index is 713. The molecule has 0 aromatic heterocycles. The lowest BCUT2D eigenvalue weighted by Crippen LogP contribution is -2.12. The zero-order chi connectivity index (χ0) is 14.6. The summed E-state index contributed by atoms with van der Waals surface area (Å²) in [6.45, 7) is 9.05. The molecule has 0 unspecified atom stereocenters. The maximum atomic E-state index is 12.4. The summed E-state index contributed by atoms with van der Waals surface area (Å²) in [6.07, 6.45) is 0.126. The van der Waals surface area contributed by atoms with Crippen LogP contribution in [0.4, 0.5) is 0 Å². The van der Waals surface area contributed by atoms with Gasteiger partial charge >= 0.3 is 0 Å². The van der Waals surface area contributed by atoms with Gasteiger partial charge in [0.25, 0.3) is 0 Å². The molecule has 0 saturated carbocycles. The molecule has 0 aliphatic rings. The van der Waals surface area contributed by atoms with Gasteiger partial charge in [0.1, 0.15) is 9.84 Å². The molecule has 0 saturated heterocycles. The molecule has 0 amide bonds. The van der Waals surface area contributed by atoms with E-state index in [4.69, 9.17) is 6.57 Å². The van der Waals surface area contributed by atoms with E-state index in [0.29, 0.717) is 0 Å². The maximum absolute atomic E-state index is 12.4. The third-order valence-corrected chi connectivity index (χ3v) is 4.71. The number of hydrogen-bond acceptors (Lipinski definition) is 2. The fourth-order valence-corrected chi connectivity index (χ4v) is 3.06. The number of hydrogen-bond donors (Lipinski definition) is 0. The largest absolute Gasteiger partial charge is 0.442 e. The Balaban J connectivity index is 2.31. The van der Waals surface area contributed by atoms with Gasteiger partial charge in [-0.15, -0.1) is 0 Å². The van der Waals surface area contributed by atoms with E-state index in [9.17, 15) is 8.42 Å². The summed E-state index contributed by atoms with van der Waals surface area (Å²) >= 11 is 0. The minimum Gasteiger partial charge on any atom is -0.442 e. The second-order valence-electron chi connectivity index (χ2n) is 4.48. The summed E-state index contributed by atoms with van der Waals surface area (Å²) in [5.41, 5.74) is 1.80. The molecule has 0 atom stereocenters. The molecule has 0 fully saturated rings. The Morgan fingerprint density at radius 2 is 1.65 bits per heavy atom. The van der Waals surface area contributed by atoms with Gasteiger partial charge in [-0.25, -0.2) is 8.42 Å². The summed E-state index contributed by atoms with van der Waals surface area (Å²) in [5.74, 6) is 0. The second-order valence-corrected chi connectivity index (χ2v) is 6.43. The van der Waals surface area contributed by atoms with Crippen LogP contribution in [0.5, 0.6) is 0 Å². The van der Waals surface area contributed by atoms with Gasteiger partial charge in [-0.2, -0.15) is 0 Å². The van der Waals surface area contributed by atoms with Crippen LogP contribution in [-0.4, -0.2) is 8.42 Å². The second kappa shape index (κ2) is 5.81. The van der Waals surface area contributed by atoms with Gasteiger partial charge in [-0.3, -0.25) is 6.57 Å². The van der Waals surface area contributed by atoms with Gasteiger partial charge in [-0.05, 0) is 19.1 Å². The molecule has 0 radical (unpaired) electrons. The van der Waals surface area contributed by atoms with E-state index in [1.54, 1.807) is 24.3 Å². The van der Waals surface area contributed by atoms with E-state index in [-0.39, 0.29) is 16.7 Å². The molecule has 0 aliphatic heterocycles. The Hall–Kier alpha value is -2.25. The zero-order valence-electron chi connectivity index (χ0n) is 11.1. The van der Waals surface area contributed by atoms with Gasteiger partial charge in [0.05, 0.1) is 5.37 Å². The standard InChI is InChI=1S/C16H14NO2S/c1-13-8-10-15(11-9-13)20(18,19)16(17-2)12-14-6-4-3-5-7-14/h3-11H,12H2,1H3/q-1. The highest BCUT2D eigenvalue weighted by Gasteiger charge is 2.20. The first-order valence-corrected chi connectivity index (χ1v) is 7.61. The Morgan fingerprint density at radius 3 is 2.20 bits per heavy atom. The third kappa shape index (κ3) is 3.01. The lowest BCUT2D eigenvalue weighted by molar-refractivity contribution is 0.596. The van der Waals surface area contributed by atoms with Crippen LogP contribution in [0.2, 0.25) is 0 Å². The first-order valence-electron chi connectivity index (χ1n) is 6.13. The van der Waals surface area contributed by atoms with Crippen molar-refractivity contribution in [3.63, 3.8) is 0 Å². The van der Waals surface area contributed by atoms with Crippen molar-refractivity contribution in [1.82, 2.24) is 0 Å². The molecule has 2 rings (SSSR count). The Kier molecular flexibility index (Phi) is 4.11. The minimum atomic E-state index is -3.70. The first kappa shape index (κ1) is 14.2. The number of nitrogens with zero attached hydrogens (tertiary/aromatic N) is 1. The third-order valence-electron chi connectivity index (χ3n) is 2.96. The van der Waals surface area contributed by atoms with Crippen LogP contribution in [0.3, 0.4) is 0 Å². The number of rotatable bonds is 4. The SMILES string of the molecule is [C-]#[N+][C-](Cc1ccccc1)S(=O)(=O)c1ccc(C)cc1. The molecule has 0 aliphatic carbocycles. The van der Waals surface area contributed by atoms with Crippen molar-refractivity contribution in [3.05, 3.63) is 82.5 Å². The topological polar surface area (TPSA) is 38.5 Å². The molecule has 0 bridgehead atoms. The average molecular weight is 284 g/mol. The van der Waals surface area contributed by atoms with Crippen LogP contribution in [-0.2, 0) is 16.3 Å². The van der Waals surface area contributed by atoms with Crippen molar-refractivity contribution >= 4 is 9.84 Å². The van der Waals surface area contributed by atoms with Crippen molar-refractivity contribution in [2.24, 2.45) is 0 Å². The molecule has 0 spiro atoms. The van der Waals surface area contributed by atoms with E-state index in [1.165, 1.54) is 0 Å². The molecule has 0 N–H and O–H groups in total. The highest BCUT2D eigenvalue weighted by Crippen LogP contribution is 2.26. The van der Waals surface area contributed by atoms with Gasteiger partial charge in [-0.1, -0.05) is 60.0 Å². The quantitative estimate of drug-likeness (QED) is 0.807. The van der Waals surface area contributed by atoms with Gasteiger partial charge < -0.3 is 4.85 Å². The van der Waals surface area contributed by atoms with E-state index in [0.717, 1.165) is 11.1 Å². The molecular weight excluding hydrogens is 270 g/mol. The van der Waals surface area contributed by atoms with E-state index in [2.05, 4.69) is 4.85 Å². The van der Waals surface area contributed by atoms with E-state index < -0.39 is 9.84 Å². The summed E-state index contributed by atoms with van der Waals surface area (Å²) in [5, 5.41) is -0.146. The fraction of sp³-hybridized carbons (Fsp3) is 0.125. The fourth-order valence-electron chi connectivity index (χ4n) is 1.82. The van der Waals surface area contributed by atoms with Crippen LogP contribution in [0.25, 0.3) is 4.85 Å². The zero-order valence-corrected chi connectivity index (χ0v) is 11.9. The minimum absolute atomic E-state index is 0.126. The first-order chi connectivity index (χ1) is 9.54. The maximum Gasteiger partial charge on any atom is 0.140 e. The Morgan fingerprint density at radius 1 is 1.05 bits per heavy atom. The Labute approximate surface area is 119 Å². The molecular formula is C16H14NO2S-. The highest BCUT2D eigenvalue weighted by molar-refractivity contribution is 7.94. The predicted octanol–water partition coefficient (Wildman–Crippen LogP) is 3.42. The van der Waals surface area contributed by atoms with Crippen LogP contribution in [0, 0.1) is 18.9 Å². The summed E-state index contributed by atoms with van der Waals surface area (Å²) in [7, 11) is -3.70. The summed E-state index contributed by atoms with van der Waals surface area (Å²) in [4.78, 5) is 3.40. The van der Waals surface area contributed by atoms with Crippen molar-refractivity contribution in [1.29, 1.82) is 0 Å². The number of sulfone groups is 1. The van der Waals surface area contributed by atoms with E-state index >= 15 is 0 Å². The molecule has 102 valence electrons.